The summed E-state index contributed by atoms with van der Waals surface area (Å²) in [6, 6.07) is 3.19. The zero-order valence-electron chi connectivity index (χ0n) is 12.3. The molecule has 1 aliphatic rings. The predicted octanol–water partition coefficient (Wildman–Crippen LogP) is 2.69. The number of alkyl halides is 2. The molecule has 0 saturated heterocycles. The summed E-state index contributed by atoms with van der Waals surface area (Å²) >= 11 is 0. The van der Waals surface area contributed by atoms with Gasteiger partial charge in [0.2, 0.25) is 11.8 Å². The van der Waals surface area contributed by atoms with Gasteiger partial charge in [-0.2, -0.15) is 4.98 Å². The molecule has 2 aromatic heterocycles. The van der Waals surface area contributed by atoms with Gasteiger partial charge >= 0.3 is 0 Å². The fourth-order valence-electron chi connectivity index (χ4n) is 2.57. The van der Waals surface area contributed by atoms with E-state index in [9.17, 15) is 13.6 Å². The molecule has 1 amide bonds. The summed E-state index contributed by atoms with van der Waals surface area (Å²) in [4.78, 5) is 19.9. The first-order valence-corrected chi connectivity index (χ1v) is 7.42. The van der Waals surface area contributed by atoms with Crippen LogP contribution in [-0.4, -0.2) is 27.0 Å². The molecule has 0 atom stereocenters. The minimum Gasteiger partial charge on any atom is -0.343 e. The standard InChI is InChI=1S/C15H16F2N4O2/c16-15(17)5-1-10(2-6-15)13-20-12(23-21-13)9-19-14(22)11-3-7-18-8-4-11/h3-4,7-8,10H,1-2,5-6,9H2,(H,19,22). The van der Waals surface area contributed by atoms with Crippen molar-refractivity contribution in [1.29, 1.82) is 0 Å². The van der Waals surface area contributed by atoms with Crippen LogP contribution in [-0.2, 0) is 6.54 Å². The molecule has 3 rings (SSSR count). The van der Waals surface area contributed by atoms with Crippen molar-refractivity contribution in [1.82, 2.24) is 20.4 Å². The molecule has 23 heavy (non-hydrogen) atoms. The normalized spacial score (nSPS) is 17.8. The lowest BCUT2D eigenvalue weighted by molar-refractivity contribution is -0.0389. The van der Waals surface area contributed by atoms with Crippen molar-refractivity contribution in [2.75, 3.05) is 0 Å². The summed E-state index contributed by atoms with van der Waals surface area (Å²) < 4.78 is 31.4. The zero-order valence-corrected chi connectivity index (χ0v) is 12.3. The first-order valence-electron chi connectivity index (χ1n) is 7.42. The number of aromatic nitrogens is 3. The van der Waals surface area contributed by atoms with Crippen molar-refractivity contribution < 1.29 is 18.1 Å². The molecule has 8 heteroatoms. The smallest absolute Gasteiger partial charge is 0.251 e. The minimum atomic E-state index is -2.58. The molecule has 1 N–H and O–H groups in total. The fraction of sp³-hybridized carbons (Fsp3) is 0.467. The Morgan fingerprint density at radius 3 is 2.70 bits per heavy atom. The zero-order chi connectivity index (χ0) is 16.3. The van der Waals surface area contributed by atoms with Crippen LogP contribution in [0.2, 0.25) is 0 Å². The van der Waals surface area contributed by atoms with Gasteiger partial charge in [-0.15, -0.1) is 0 Å². The van der Waals surface area contributed by atoms with Crippen LogP contribution in [0.5, 0.6) is 0 Å². The Balaban J connectivity index is 1.55. The summed E-state index contributed by atoms with van der Waals surface area (Å²) in [5.74, 6) is -2.26. The molecule has 2 heterocycles. The van der Waals surface area contributed by atoms with Crippen LogP contribution in [0.25, 0.3) is 0 Å². The van der Waals surface area contributed by atoms with E-state index < -0.39 is 5.92 Å². The maximum Gasteiger partial charge on any atom is 0.251 e. The topological polar surface area (TPSA) is 80.9 Å². The van der Waals surface area contributed by atoms with E-state index in [1.54, 1.807) is 12.1 Å². The van der Waals surface area contributed by atoms with Gasteiger partial charge in [0.05, 0.1) is 6.54 Å². The number of carbonyl (C=O) groups is 1. The van der Waals surface area contributed by atoms with Gasteiger partial charge in [0.15, 0.2) is 5.82 Å². The SMILES string of the molecule is O=C(NCc1nc(C2CCC(F)(F)CC2)no1)c1ccncc1. The first-order chi connectivity index (χ1) is 11.0. The van der Waals surface area contributed by atoms with Gasteiger partial charge in [0, 0.05) is 36.7 Å². The van der Waals surface area contributed by atoms with E-state index in [0.717, 1.165) is 0 Å². The summed E-state index contributed by atoms with van der Waals surface area (Å²) in [6.07, 6.45) is 3.43. The van der Waals surface area contributed by atoms with Crippen molar-refractivity contribution in [3.8, 4) is 0 Å². The molecule has 1 aliphatic carbocycles. The van der Waals surface area contributed by atoms with Crippen LogP contribution in [0, 0.1) is 0 Å². The molecule has 6 nitrogen and oxygen atoms in total. The van der Waals surface area contributed by atoms with Gasteiger partial charge in [-0.1, -0.05) is 5.16 Å². The van der Waals surface area contributed by atoms with Crippen LogP contribution < -0.4 is 5.32 Å². The monoisotopic (exact) mass is 322 g/mol. The number of pyridine rings is 1. The number of carbonyl (C=O) groups excluding carboxylic acids is 1. The van der Waals surface area contributed by atoms with Crippen LogP contribution >= 0.6 is 0 Å². The molecule has 0 aromatic carbocycles. The van der Waals surface area contributed by atoms with Gasteiger partial charge in [-0.3, -0.25) is 9.78 Å². The third-order valence-corrected chi connectivity index (χ3v) is 3.91. The lowest BCUT2D eigenvalue weighted by Crippen LogP contribution is -2.24. The molecule has 0 spiro atoms. The van der Waals surface area contributed by atoms with E-state index >= 15 is 0 Å². The number of nitrogens with one attached hydrogen (secondary N) is 1. The molecule has 122 valence electrons. The van der Waals surface area contributed by atoms with E-state index in [-0.39, 0.29) is 37.1 Å². The highest BCUT2D eigenvalue weighted by molar-refractivity contribution is 5.93. The summed E-state index contributed by atoms with van der Waals surface area (Å²) in [5.41, 5.74) is 0.481. The maximum atomic E-state index is 13.2. The molecule has 0 bridgehead atoms. The van der Waals surface area contributed by atoms with Gasteiger partial charge < -0.3 is 9.84 Å². The molecular weight excluding hydrogens is 306 g/mol. The molecule has 2 aromatic rings. The van der Waals surface area contributed by atoms with Crippen molar-refractivity contribution >= 4 is 5.91 Å². The highest BCUT2D eigenvalue weighted by atomic mass is 19.3. The van der Waals surface area contributed by atoms with E-state index in [4.69, 9.17) is 4.52 Å². The van der Waals surface area contributed by atoms with Gasteiger partial charge in [0.25, 0.3) is 5.91 Å². The van der Waals surface area contributed by atoms with E-state index in [1.807, 2.05) is 0 Å². The first kappa shape index (κ1) is 15.5. The molecule has 1 fully saturated rings. The summed E-state index contributed by atoms with van der Waals surface area (Å²) in [6.45, 7) is 0.0943. The largest absolute Gasteiger partial charge is 0.343 e. The minimum absolute atomic E-state index is 0.0943. The van der Waals surface area contributed by atoms with E-state index in [1.165, 1.54) is 12.4 Å². The van der Waals surface area contributed by atoms with Crippen LogP contribution in [0.4, 0.5) is 8.78 Å². The van der Waals surface area contributed by atoms with E-state index in [0.29, 0.717) is 24.2 Å². The second kappa shape index (κ2) is 6.39. The number of rotatable bonds is 4. The second-order valence-electron chi connectivity index (χ2n) is 5.60. The maximum absolute atomic E-state index is 13.2. The quantitative estimate of drug-likeness (QED) is 0.936. The van der Waals surface area contributed by atoms with Crippen molar-refractivity contribution in [3.63, 3.8) is 0 Å². The number of hydrogen-bond donors (Lipinski definition) is 1. The predicted molar refractivity (Wildman–Crippen MR) is 75.9 cm³/mol. The van der Waals surface area contributed by atoms with Crippen molar-refractivity contribution in [2.24, 2.45) is 0 Å². The Morgan fingerprint density at radius 1 is 1.30 bits per heavy atom. The Labute approximate surface area is 131 Å². The Hall–Kier alpha value is -2.38. The second-order valence-corrected chi connectivity index (χ2v) is 5.60. The van der Waals surface area contributed by atoms with Crippen molar-refractivity contribution in [2.45, 2.75) is 44.1 Å². The average molecular weight is 322 g/mol. The highest BCUT2D eigenvalue weighted by Gasteiger charge is 2.36. The molecular formula is C15H16F2N4O2. The molecule has 0 aliphatic heterocycles. The fourth-order valence-corrected chi connectivity index (χ4v) is 2.57. The van der Waals surface area contributed by atoms with Crippen molar-refractivity contribution in [3.05, 3.63) is 41.8 Å². The Morgan fingerprint density at radius 2 is 2.00 bits per heavy atom. The van der Waals surface area contributed by atoms with Gasteiger partial charge in [0.1, 0.15) is 0 Å². The Kier molecular flexibility index (Phi) is 4.31. The highest BCUT2D eigenvalue weighted by Crippen LogP contribution is 2.39. The third kappa shape index (κ3) is 3.88. The number of halogens is 2. The average Bonchev–Trinajstić information content (AvgIpc) is 3.02. The molecule has 0 unspecified atom stereocenters. The third-order valence-electron chi connectivity index (χ3n) is 3.91. The van der Waals surface area contributed by atoms with E-state index in [2.05, 4.69) is 20.4 Å². The molecule has 0 radical (unpaired) electrons. The summed E-state index contributed by atoms with van der Waals surface area (Å²) in [5, 5.41) is 6.51. The summed E-state index contributed by atoms with van der Waals surface area (Å²) in [7, 11) is 0. The Bertz CT molecular complexity index is 665. The van der Waals surface area contributed by atoms with Gasteiger partial charge in [-0.25, -0.2) is 8.78 Å². The number of amides is 1. The number of nitrogens with zero attached hydrogens (tertiary/aromatic N) is 3. The van der Waals surface area contributed by atoms with Crippen LogP contribution in [0.15, 0.2) is 29.0 Å². The van der Waals surface area contributed by atoms with Crippen LogP contribution in [0.1, 0.15) is 53.7 Å². The molecule has 1 saturated carbocycles. The number of hydrogen-bond acceptors (Lipinski definition) is 5. The lowest BCUT2D eigenvalue weighted by atomic mass is 9.86. The van der Waals surface area contributed by atoms with Gasteiger partial charge in [-0.05, 0) is 25.0 Å². The van der Waals surface area contributed by atoms with Crippen LogP contribution in [0.3, 0.4) is 0 Å². The lowest BCUT2D eigenvalue weighted by Gasteiger charge is -2.26.